The third-order valence-corrected chi connectivity index (χ3v) is 3.93. The molecule has 0 bridgehead atoms. The number of rotatable bonds is 3. The fraction of sp³-hybridized carbons (Fsp3) is 0.462. The van der Waals surface area contributed by atoms with Crippen molar-refractivity contribution < 1.29 is 4.79 Å². The molecule has 2 rings (SSSR count). The lowest BCUT2D eigenvalue weighted by Crippen LogP contribution is -2.07. The first kappa shape index (κ1) is 11.6. The summed E-state index contributed by atoms with van der Waals surface area (Å²) < 4.78 is 0.852. The highest BCUT2D eigenvalue weighted by Crippen LogP contribution is 2.30. The molecule has 1 fully saturated rings. The Balaban J connectivity index is 2.10. The molecule has 0 unspecified atom stereocenters. The standard InChI is InChI=1S/C13H16BrNO/c14-12-6-5-10(15)8-11(12)13(16)7-9-3-1-2-4-9/h5-6,8-9H,1-4,7,15H2. The molecule has 0 saturated heterocycles. The Morgan fingerprint density at radius 1 is 1.38 bits per heavy atom. The molecular formula is C13H16BrNO. The molecule has 0 heterocycles. The normalized spacial score (nSPS) is 16.6. The fourth-order valence-corrected chi connectivity index (χ4v) is 2.81. The van der Waals surface area contributed by atoms with E-state index >= 15 is 0 Å². The van der Waals surface area contributed by atoms with E-state index in [0.717, 1.165) is 10.0 Å². The van der Waals surface area contributed by atoms with E-state index in [2.05, 4.69) is 15.9 Å². The second-order valence-electron chi connectivity index (χ2n) is 4.52. The summed E-state index contributed by atoms with van der Waals surface area (Å²) in [4.78, 5) is 12.1. The summed E-state index contributed by atoms with van der Waals surface area (Å²) >= 11 is 3.40. The van der Waals surface area contributed by atoms with Crippen molar-refractivity contribution >= 4 is 27.4 Å². The van der Waals surface area contributed by atoms with Crippen molar-refractivity contribution in [3.8, 4) is 0 Å². The Kier molecular flexibility index (Phi) is 3.64. The summed E-state index contributed by atoms with van der Waals surface area (Å²) in [5.74, 6) is 0.798. The second-order valence-corrected chi connectivity index (χ2v) is 5.37. The van der Waals surface area contributed by atoms with E-state index in [9.17, 15) is 4.79 Å². The Hall–Kier alpha value is -0.830. The first-order valence-electron chi connectivity index (χ1n) is 5.75. The van der Waals surface area contributed by atoms with E-state index in [1.165, 1.54) is 25.7 Å². The second kappa shape index (κ2) is 5.00. The van der Waals surface area contributed by atoms with Gasteiger partial charge in [0.05, 0.1) is 0 Å². The van der Waals surface area contributed by atoms with Crippen LogP contribution in [0, 0.1) is 5.92 Å². The van der Waals surface area contributed by atoms with Crippen LogP contribution in [0.1, 0.15) is 42.5 Å². The molecule has 0 amide bonds. The molecule has 1 saturated carbocycles. The van der Waals surface area contributed by atoms with Gasteiger partial charge in [-0.2, -0.15) is 0 Å². The Morgan fingerprint density at radius 3 is 2.75 bits per heavy atom. The van der Waals surface area contributed by atoms with Gasteiger partial charge in [0.1, 0.15) is 0 Å². The van der Waals surface area contributed by atoms with E-state index in [0.29, 0.717) is 18.0 Å². The van der Waals surface area contributed by atoms with Gasteiger partial charge in [0.15, 0.2) is 5.78 Å². The van der Waals surface area contributed by atoms with Crippen LogP contribution in [0.2, 0.25) is 0 Å². The van der Waals surface area contributed by atoms with Crippen molar-refractivity contribution in [3.63, 3.8) is 0 Å². The number of carbonyl (C=O) groups excluding carboxylic acids is 1. The van der Waals surface area contributed by atoms with Gasteiger partial charge in [-0.25, -0.2) is 0 Å². The Labute approximate surface area is 104 Å². The topological polar surface area (TPSA) is 43.1 Å². The molecular weight excluding hydrogens is 266 g/mol. The third-order valence-electron chi connectivity index (χ3n) is 3.24. The van der Waals surface area contributed by atoms with Crippen molar-refractivity contribution in [1.82, 2.24) is 0 Å². The summed E-state index contributed by atoms with van der Waals surface area (Å²) in [6.07, 6.45) is 5.62. The zero-order chi connectivity index (χ0) is 11.5. The summed E-state index contributed by atoms with van der Waals surface area (Å²) in [6.45, 7) is 0. The predicted octanol–water partition coefficient (Wildman–Crippen LogP) is 3.79. The number of carbonyl (C=O) groups is 1. The molecule has 0 radical (unpaired) electrons. The van der Waals surface area contributed by atoms with E-state index in [1.54, 1.807) is 12.1 Å². The molecule has 1 aromatic rings. The molecule has 16 heavy (non-hydrogen) atoms. The summed E-state index contributed by atoms with van der Waals surface area (Å²) in [5, 5.41) is 0. The van der Waals surface area contributed by atoms with Crippen LogP contribution in [0.3, 0.4) is 0 Å². The van der Waals surface area contributed by atoms with Gasteiger partial charge in [0.25, 0.3) is 0 Å². The van der Waals surface area contributed by atoms with E-state index in [-0.39, 0.29) is 5.78 Å². The summed E-state index contributed by atoms with van der Waals surface area (Å²) in [6, 6.07) is 5.41. The minimum atomic E-state index is 0.214. The zero-order valence-corrected chi connectivity index (χ0v) is 10.8. The molecule has 1 aliphatic carbocycles. The highest BCUT2D eigenvalue weighted by atomic mass is 79.9. The quantitative estimate of drug-likeness (QED) is 0.677. The van der Waals surface area contributed by atoms with Crippen LogP contribution < -0.4 is 5.73 Å². The van der Waals surface area contributed by atoms with Crippen molar-refractivity contribution in [2.45, 2.75) is 32.1 Å². The molecule has 0 aromatic heterocycles. The van der Waals surface area contributed by atoms with Gasteiger partial charge in [-0.1, -0.05) is 41.6 Å². The SMILES string of the molecule is Nc1ccc(Br)c(C(=O)CC2CCCC2)c1. The number of Topliss-reactive ketones (excluding diaryl/α,β-unsaturated/α-hetero) is 1. The Morgan fingerprint density at radius 2 is 2.06 bits per heavy atom. The highest BCUT2D eigenvalue weighted by molar-refractivity contribution is 9.10. The molecule has 2 N–H and O–H groups in total. The highest BCUT2D eigenvalue weighted by Gasteiger charge is 2.20. The van der Waals surface area contributed by atoms with Gasteiger partial charge in [-0.05, 0) is 24.1 Å². The largest absolute Gasteiger partial charge is 0.399 e. The molecule has 1 aromatic carbocycles. The minimum Gasteiger partial charge on any atom is -0.399 e. The maximum Gasteiger partial charge on any atom is 0.164 e. The summed E-state index contributed by atoms with van der Waals surface area (Å²) in [5.41, 5.74) is 7.08. The van der Waals surface area contributed by atoms with Crippen LogP contribution in [-0.4, -0.2) is 5.78 Å². The van der Waals surface area contributed by atoms with E-state index < -0.39 is 0 Å². The number of nitrogen functional groups attached to an aromatic ring is 1. The van der Waals surface area contributed by atoms with Crippen molar-refractivity contribution in [2.24, 2.45) is 5.92 Å². The van der Waals surface area contributed by atoms with Crippen LogP contribution in [-0.2, 0) is 0 Å². The first-order chi connectivity index (χ1) is 7.66. The van der Waals surface area contributed by atoms with Gasteiger partial charge in [0.2, 0.25) is 0 Å². The maximum atomic E-state index is 12.1. The fourth-order valence-electron chi connectivity index (χ4n) is 2.34. The molecule has 3 heteroatoms. The maximum absolute atomic E-state index is 12.1. The van der Waals surface area contributed by atoms with E-state index in [1.807, 2.05) is 6.07 Å². The van der Waals surface area contributed by atoms with E-state index in [4.69, 9.17) is 5.73 Å². The smallest absolute Gasteiger partial charge is 0.164 e. The number of hydrogen-bond acceptors (Lipinski definition) is 2. The molecule has 0 atom stereocenters. The average molecular weight is 282 g/mol. The van der Waals surface area contributed by atoms with Crippen molar-refractivity contribution in [3.05, 3.63) is 28.2 Å². The Bertz CT molecular complexity index is 397. The number of hydrogen-bond donors (Lipinski definition) is 1. The molecule has 0 aliphatic heterocycles. The number of ketones is 1. The van der Waals surface area contributed by atoms with Crippen LogP contribution in [0.4, 0.5) is 5.69 Å². The zero-order valence-electron chi connectivity index (χ0n) is 9.21. The van der Waals surface area contributed by atoms with Crippen molar-refractivity contribution in [2.75, 3.05) is 5.73 Å². The molecule has 1 aliphatic rings. The van der Waals surface area contributed by atoms with Gasteiger partial charge >= 0.3 is 0 Å². The number of nitrogens with two attached hydrogens (primary N) is 1. The first-order valence-corrected chi connectivity index (χ1v) is 6.54. The van der Waals surface area contributed by atoms with Gasteiger partial charge in [0, 0.05) is 22.1 Å². The lowest BCUT2D eigenvalue weighted by atomic mass is 9.97. The average Bonchev–Trinajstić information content (AvgIpc) is 2.74. The van der Waals surface area contributed by atoms with Crippen LogP contribution >= 0.6 is 15.9 Å². The molecule has 86 valence electrons. The minimum absolute atomic E-state index is 0.214. The number of anilines is 1. The van der Waals surface area contributed by atoms with Crippen LogP contribution in [0.5, 0.6) is 0 Å². The third kappa shape index (κ3) is 2.64. The predicted molar refractivity (Wildman–Crippen MR) is 69.5 cm³/mol. The molecule has 2 nitrogen and oxygen atoms in total. The molecule has 0 spiro atoms. The van der Waals surface area contributed by atoms with Crippen LogP contribution in [0.25, 0.3) is 0 Å². The number of benzene rings is 1. The monoisotopic (exact) mass is 281 g/mol. The van der Waals surface area contributed by atoms with Crippen molar-refractivity contribution in [1.29, 1.82) is 0 Å². The lowest BCUT2D eigenvalue weighted by Gasteiger charge is -2.09. The van der Waals surface area contributed by atoms with Gasteiger partial charge in [-0.15, -0.1) is 0 Å². The van der Waals surface area contributed by atoms with Gasteiger partial charge in [-0.3, -0.25) is 4.79 Å². The van der Waals surface area contributed by atoms with Gasteiger partial charge < -0.3 is 5.73 Å². The summed E-state index contributed by atoms with van der Waals surface area (Å²) in [7, 11) is 0. The van der Waals surface area contributed by atoms with Crippen LogP contribution in [0.15, 0.2) is 22.7 Å². The number of halogens is 1. The lowest BCUT2D eigenvalue weighted by molar-refractivity contribution is 0.0961.